The van der Waals surface area contributed by atoms with E-state index in [4.69, 9.17) is 11.6 Å². The van der Waals surface area contributed by atoms with Crippen LogP contribution in [0.3, 0.4) is 0 Å². The zero-order chi connectivity index (χ0) is 20.4. The number of halogens is 1. The van der Waals surface area contributed by atoms with Gasteiger partial charge in [0.2, 0.25) is 5.91 Å². The highest BCUT2D eigenvalue weighted by molar-refractivity contribution is 6.33. The minimum Gasteiger partial charge on any atom is -0.353 e. The molecule has 1 aliphatic rings. The van der Waals surface area contributed by atoms with Crippen molar-refractivity contribution in [3.63, 3.8) is 0 Å². The van der Waals surface area contributed by atoms with Crippen molar-refractivity contribution >= 4 is 34.9 Å². The summed E-state index contributed by atoms with van der Waals surface area (Å²) in [6.45, 7) is 1.56. The number of nitrogens with zero attached hydrogens (tertiary/aromatic N) is 4. The van der Waals surface area contributed by atoms with Crippen LogP contribution in [0.1, 0.15) is 10.4 Å². The van der Waals surface area contributed by atoms with Crippen molar-refractivity contribution in [3.8, 4) is 11.3 Å². The number of aromatic nitrogens is 3. The molecule has 8 nitrogen and oxygen atoms in total. The van der Waals surface area contributed by atoms with Crippen LogP contribution in [0.25, 0.3) is 11.3 Å². The molecule has 0 unspecified atom stereocenters. The van der Waals surface area contributed by atoms with Crippen LogP contribution >= 0.6 is 11.6 Å². The Labute approximate surface area is 172 Å². The number of piperazine rings is 1. The summed E-state index contributed by atoms with van der Waals surface area (Å²) in [4.78, 5) is 30.7. The number of aryl methyl sites for hydroxylation is 1. The van der Waals surface area contributed by atoms with Gasteiger partial charge in [-0.1, -0.05) is 29.8 Å². The van der Waals surface area contributed by atoms with Crippen molar-refractivity contribution in [2.45, 2.75) is 0 Å². The van der Waals surface area contributed by atoms with Gasteiger partial charge >= 0.3 is 0 Å². The molecule has 0 spiro atoms. The van der Waals surface area contributed by atoms with Gasteiger partial charge in [-0.3, -0.25) is 14.3 Å². The van der Waals surface area contributed by atoms with Crippen LogP contribution in [0, 0.1) is 0 Å². The summed E-state index contributed by atoms with van der Waals surface area (Å²) in [7, 11) is 1.75. The topological polar surface area (TPSA) is 92.2 Å². The van der Waals surface area contributed by atoms with Crippen LogP contribution in [0.15, 0.2) is 48.8 Å². The van der Waals surface area contributed by atoms with Crippen molar-refractivity contribution in [3.05, 3.63) is 59.4 Å². The first kappa shape index (κ1) is 18.9. The van der Waals surface area contributed by atoms with Gasteiger partial charge in [0.25, 0.3) is 5.91 Å². The predicted molar refractivity (Wildman–Crippen MR) is 111 cm³/mol. The van der Waals surface area contributed by atoms with Gasteiger partial charge in [0.05, 0.1) is 29.0 Å². The zero-order valence-electron chi connectivity index (χ0n) is 15.7. The number of rotatable bonds is 4. The lowest BCUT2D eigenvalue weighted by molar-refractivity contribution is -0.120. The second-order valence-corrected chi connectivity index (χ2v) is 7.08. The fraction of sp³-hybridized carbons (Fsp3) is 0.200. The maximum atomic E-state index is 12.9. The van der Waals surface area contributed by atoms with E-state index in [0.717, 1.165) is 0 Å². The van der Waals surface area contributed by atoms with Crippen molar-refractivity contribution in [2.75, 3.05) is 29.9 Å². The number of carbonyl (C=O) groups excluding carboxylic acids is 2. The SMILES string of the molecule is Cn1cc(C(=O)Nc2ccc(N3CCNC(=O)C3)nc2)c(-c2ccccc2Cl)n1. The van der Waals surface area contributed by atoms with Crippen LogP contribution in [0.2, 0.25) is 5.02 Å². The van der Waals surface area contributed by atoms with Crippen molar-refractivity contribution in [1.29, 1.82) is 0 Å². The number of pyridine rings is 1. The molecule has 3 aromatic rings. The smallest absolute Gasteiger partial charge is 0.259 e. The molecule has 1 aromatic carbocycles. The molecule has 9 heteroatoms. The van der Waals surface area contributed by atoms with E-state index in [2.05, 4.69) is 20.7 Å². The van der Waals surface area contributed by atoms with E-state index in [0.29, 0.717) is 46.4 Å². The Kier molecular flexibility index (Phi) is 5.18. The fourth-order valence-corrected chi connectivity index (χ4v) is 3.41. The van der Waals surface area contributed by atoms with E-state index in [-0.39, 0.29) is 18.4 Å². The number of hydrogen-bond acceptors (Lipinski definition) is 5. The first-order valence-corrected chi connectivity index (χ1v) is 9.46. The fourth-order valence-electron chi connectivity index (χ4n) is 3.19. The molecule has 0 aliphatic carbocycles. The minimum absolute atomic E-state index is 0.0286. The quantitative estimate of drug-likeness (QED) is 0.688. The zero-order valence-corrected chi connectivity index (χ0v) is 16.5. The largest absolute Gasteiger partial charge is 0.353 e. The van der Waals surface area contributed by atoms with E-state index in [1.165, 1.54) is 0 Å². The molecule has 2 N–H and O–H groups in total. The Morgan fingerprint density at radius 2 is 2.07 bits per heavy atom. The minimum atomic E-state index is -0.306. The lowest BCUT2D eigenvalue weighted by Gasteiger charge is -2.27. The molecular formula is C20H19ClN6O2. The van der Waals surface area contributed by atoms with Gasteiger partial charge in [-0.25, -0.2) is 4.98 Å². The Morgan fingerprint density at radius 3 is 2.79 bits per heavy atom. The molecule has 3 heterocycles. The van der Waals surface area contributed by atoms with Gasteiger partial charge in [0.15, 0.2) is 0 Å². The maximum Gasteiger partial charge on any atom is 0.259 e. The highest BCUT2D eigenvalue weighted by atomic mass is 35.5. The third-order valence-corrected chi connectivity index (χ3v) is 4.90. The second kappa shape index (κ2) is 7.92. The Hall–Kier alpha value is -3.39. The van der Waals surface area contributed by atoms with E-state index < -0.39 is 0 Å². The Bertz CT molecular complexity index is 1060. The third-order valence-electron chi connectivity index (χ3n) is 4.57. The Balaban J connectivity index is 1.53. The lowest BCUT2D eigenvalue weighted by atomic mass is 10.1. The van der Waals surface area contributed by atoms with E-state index >= 15 is 0 Å². The summed E-state index contributed by atoms with van der Waals surface area (Å²) < 4.78 is 1.58. The molecular weight excluding hydrogens is 392 g/mol. The summed E-state index contributed by atoms with van der Waals surface area (Å²) >= 11 is 6.28. The summed E-state index contributed by atoms with van der Waals surface area (Å²) in [5.74, 6) is 0.356. The number of nitrogens with one attached hydrogen (secondary N) is 2. The summed E-state index contributed by atoms with van der Waals surface area (Å²) in [6.07, 6.45) is 3.23. The van der Waals surface area contributed by atoms with Crippen LogP contribution in [-0.2, 0) is 11.8 Å². The summed E-state index contributed by atoms with van der Waals surface area (Å²) in [5.41, 5.74) is 2.17. The van der Waals surface area contributed by atoms with Gasteiger partial charge in [0, 0.05) is 31.9 Å². The van der Waals surface area contributed by atoms with Crippen LogP contribution in [-0.4, -0.2) is 46.2 Å². The normalized spacial score (nSPS) is 13.9. The average Bonchev–Trinajstić information content (AvgIpc) is 3.10. The van der Waals surface area contributed by atoms with E-state index in [1.54, 1.807) is 42.3 Å². The van der Waals surface area contributed by atoms with Gasteiger partial charge < -0.3 is 15.5 Å². The number of anilines is 2. The van der Waals surface area contributed by atoms with Crippen molar-refractivity contribution in [2.24, 2.45) is 7.05 Å². The average molecular weight is 411 g/mol. The Morgan fingerprint density at radius 1 is 1.24 bits per heavy atom. The first-order valence-electron chi connectivity index (χ1n) is 9.09. The highest BCUT2D eigenvalue weighted by Gasteiger charge is 2.20. The molecule has 0 bridgehead atoms. The summed E-state index contributed by atoms with van der Waals surface area (Å²) in [6, 6.07) is 10.8. The molecule has 148 valence electrons. The van der Waals surface area contributed by atoms with Gasteiger partial charge in [-0.05, 0) is 18.2 Å². The van der Waals surface area contributed by atoms with Gasteiger partial charge in [-0.15, -0.1) is 0 Å². The molecule has 1 aliphatic heterocycles. The van der Waals surface area contributed by atoms with Gasteiger partial charge in [0.1, 0.15) is 11.5 Å². The van der Waals surface area contributed by atoms with Crippen LogP contribution in [0.5, 0.6) is 0 Å². The predicted octanol–water partition coefficient (Wildman–Crippen LogP) is 2.32. The maximum absolute atomic E-state index is 12.9. The summed E-state index contributed by atoms with van der Waals surface area (Å²) in [5, 5.41) is 10.5. The number of carbonyl (C=O) groups is 2. The number of hydrogen-bond donors (Lipinski definition) is 2. The number of benzene rings is 1. The first-order chi connectivity index (χ1) is 14.0. The standard InChI is InChI=1S/C20H19ClN6O2/c1-26-11-15(19(25-26)14-4-2-3-5-16(14)21)20(29)24-13-6-7-17(23-10-13)27-9-8-22-18(28)12-27/h2-7,10-11H,8-9,12H2,1H3,(H,22,28)(H,24,29). The van der Waals surface area contributed by atoms with E-state index in [1.807, 2.05) is 23.1 Å². The number of amides is 2. The van der Waals surface area contributed by atoms with E-state index in [9.17, 15) is 9.59 Å². The molecule has 1 saturated heterocycles. The molecule has 2 aromatic heterocycles. The highest BCUT2D eigenvalue weighted by Crippen LogP contribution is 2.29. The van der Waals surface area contributed by atoms with Crippen molar-refractivity contribution in [1.82, 2.24) is 20.1 Å². The molecule has 2 amide bonds. The molecule has 0 atom stereocenters. The second-order valence-electron chi connectivity index (χ2n) is 6.68. The molecule has 4 rings (SSSR count). The van der Waals surface area contributed by atoms with Crippen molar-refractivity contribution < 1.29 is 9.59 Å². The molecule has 29 heavy (non-hydrogen) atoms. The van der Waals surface area contributed by atoms with Crippen LogP contribution < -0.4 is 15.5 Å². The molecule has 0 saturated carbocycles. The monoisotopic (exact) mass is 410 g/mol. The van der Waals surface area contributed by atoms with Gasteiger partial charge in [-0.2, -0.15) is 5.10 Å². The van der Waals surface area contributed by atoms with Crippen LogP contribution in [0.4, 0.5) is 11.5 Å². The molecule has 1 fully saturated rings. The third kappa shape index (κ3) is 4.07. The molecule has 0 radical (unpaired) electrons. The lowest BCUT2D eigenvalue weighted by Crippen LogP contribution is -2.48.